The molecule has 0 N–H and O–H groups in total. The third-order valence-corrected chi connectivity index (χ3v) is 7.66. The monoisotopic (exact) mass is 714 g/mol. The molecule has 0 bridgehead atoms. The molecular formula is C40H46Cl2SiZr-4. The molecule has 0 aliphatic rings. The minimum atomic E-state index is 0. The van der Waals surface area contributed by atoms with Gasteiger partial charge in [-0.15, -0.1) is 93.4 Å². The van der Waals surface area contributed by atoms with Crippen LogP contribution in [0.1, 0.15) is 61.8 Å². The van der Waals surface area contributed by atoms with Crippen LogP contribution in [0.2, 0.25) is 0 Å². The quantitative estimate of drug-likeness (QED) is 0.126. The molecule has 0 spiro atoms. The molecule has 0 heterocycles. The second-order valence-corrected chi connectivity index (χ2v) is 11.2. The number of hydrogen-bond acceptors (Lipinski definition) is 0. The molecule has 44 heavy (non-hydrogen) atoms. The van der Waals surface area contributed by atoms with Gasteiger partial charge in [0.05, 0.1) is 0 Å². The van der Waals surface area contributed by atoms with Crippen molar-refractivity contribution in [2.75, 3.05) is 0 Å². The van der Waals surface area contributed by atoms with Gasteiger partial charge < -0.3 is 14.9 Å². The Morgan fingerprint density at radius 1 is 0.591 bits per heavy atom. The van der Waals surface area contributed by atoms with Crippen LogP contribution in [0.3, 0.4) is 0 Å². The first kappa shape index (κ1) is 41.8. The molecule has 0 aliphatic heterocycles. The molecule has 4 heteroatoms. The molecule has 0 amide bonds. The second-order valence-electron chi connectivity index (χ2n) is 11.2. The molecule has 0 atom stereocenters. The Kier molecular flexibility index (Phi) is 18.4. The van der Waals surface area contributed by atoms with Gasteiger partial charge in [0.15, 0.2) is 0 Å². The fourth-order valence-corrected chi connectivity index (χ4v) is 5.35. The van der Waals surface area contributed by atoms with Crippen molar-refractivity contribution in [3.63, 3.8) is 0 Å². The van der Waals surface area contributed by atoms with Gasteiger partial charge >= 0.3 is 30.2 Å². The van der Waals surface area contributed by atoms with E-state index in [2.05, 4.69) is 158 Å². The summed E-state index contributed by atoms with van der Waals surface area (Å²) in [6, 6.07) is 39.9. The zero-order valence-electron chi connectivity index (χ0n) is 27.4. The van der Waals surface area contributed by atoms with Crippen LogP contribution in [0.15, 0.2) is 109 Å². The fraction of sp³-hybridized carbons (Fsp3) is 0.200. The Morgan fingerprint density at radius 2 is 1.18 bits per heavy atom. The Morgan fingerprint density at radius 3 is 1.77 bits per heavy atom. The molecular weight excluding hydrogens is 671 g/mol. The van der Waals surface area contributed by atoms with Crippen molar-refractivity contribution in [1.82, 2.24) is 0 Å². The number of halogens is 2. The summed E-state index contributed by atoms with van der Waals surface area (Å²) in [5, 5.41) is 5.47. The van der Waals surface area contributed by atoms with E-state index in [1.165, 1.54) is 89.4 Å². The van der Waals surface area contributed by atoms with Crippen molar-refractivity contribution < 1.29 is 23.3 Å². The van der Waals surface area contributed by atoms with Crippen LogP contribution >= 0.6 is 24.8 Å². The van der Waals surface area contributed by atoms with E-state index in [0.717, 1.165) is 0 Å². The van der Waals surface area contributed by atoms with Gasteiger partial charge in [0.1, 0.15) is 0 Å². The summed E-state index contributed by atoms with van der Waals surface area (Å²) in [6.45, 7) is 16.4. The fourth-order valence-electron chi connectivity index (χ4n) is 5.35. The van der Waals surface area contributed by atoms with Gasteiger partial charge in [-0.05, 0) is 28.5 Å². The predicted octanol–water partition coefficient (Wildman–Crippen LogP) is 12.7. The SMILES string of the molecule is CC(C)c1cc2c(-c3ccccc3)cccc2[cH-]1.Cc1cc2c(-c3ccc(C(C)C)cc3)ccc(C)c2[cH-]1.Cl.Cl.[CH3-].[CH3-].[Si]=[Zr]. The van der Waals surface area contributed by atoms with E-state index in [4.69, 9.17) is 0 Å². The van der Waals surface area contributed by atoms with Crippen LogP contribution in [0.25, 0.3) is 43.8 Å². The van der Waals surface area contributed by atoms with Gasteiger partial charge in [-0.1, -0.05) is 119 Å². The van der Waals surface area contributed by atoms with Crippen LogP contribution in [-0.4, -0.2) is 6.88 Å². The van der Waals surface area contributed by atoms with Crippen LogP contribution < -0.4 is 0 Å². The van der Waals surface area contributed by atoms with Crippen molar-refractivity contribution in [1.29, 1.82) is 0 Å². The van der Waals surface area contributed by atoms with Crippen molar-refractivity contribution in [2.45, 2.75) is 53.4 Å². The normalized spacial score (nSPS) is 9.89. The summed E-state index contributed by atoms with van der Waals surface area (Å²) in [5.74, 6) is 1.17. The van der Waals surface area contributed by atoms with Crippen LogP contribution in [-0.2, 0) is 23.3 Å². The second kappa shape index (κ2) is 19.3. The molecule has 6 rings (SSSR count). The predicted molar refractivity (Wildman–Crippen MR) is 201 cm³/mol. The van der Waals surface area contributed by atoms with Crippen molar-refractivity contribution in [3.05, 3.63) is 146 Å². The minimum absolute atomic E-state index is 0. The van der Waals surface area contributed by atoms with Crippen molar-refractivity contribution >= 4 is 53.2 Å². The van der Waals surface area contributed by atoms with Gasteiger partial charge in [-0.3, -0.25) is 0 Å². The molecule has 232 valence electrons. The zero-order valence-corrected chi connectivity index (χ0v) is 32.5. The van der Waals surface area contributed by atoms with Crippen molar-refractivity contribution in [3.8, 4) is 22.3 Å². The zero-order chi connectivity index (χ0) is 28.8. The topological polar surface area (TPSA) is 0 Å². The molecule has 0 saturated carbocycles. The first-order valence-electron chi connectivity index (χ1n) is 14.1. The van der Waals surface area contributed by atoms with Gasteiger partial charge in [-0.2, -0.15) is 12.1 Å². The van der Waals surface area contributed by atoms with E-state index in [0.29, 0.717) is 11.8 Å². The van der Waals surface area contributed by atoms with E-state index in [1.54, 1.807) is 0 Å². The van der Waals surface area contributed by atoms with E-state index in [9.17, 15) is 0 Å². The van der Waals surface area contributed by atoms with E-state index in [-0.39, 0.29) is 39.7 Å². The summed E-state index contributed by atoms with van der Waals surface area (Å²) in [5.41, 5.74) is 10.8. The maximum atomic E-state index is 3.06. The molecule has 0 nitrogen and oxygen atoms in total. The Hall–Kier alpha value is -2.22. The summed E-state index contributed by atoms with van der Waals surface area (Å²) in [6.07, 6.45) is 0. The van der Waals surface area contributed by atoms with E-state index >= 15 is 0 Å². The summed E-state index contributed by atoms with van der Waals surface area (Å²) in [4.78, 5) is 0. The summed E-state index contributed by atoms with van der Waals surface area (Å²) >= 11 is 1.36. The molecule has 2 radical (unpaired) electrons. The van der Waals surface area contributed by atoms with Crippen molar-refractivity contribution in [2.24, 2.45) is 0 Å². The standard InChI is InChI=1S/C20H21.C18H17.2CH3.2ClH.Si.Zr/c1-13(2)16-6-8-17(9-7-16)18-10-5-15(4)19-11-14(3)12-20(18)19;1-13(2)16-11-15-9-6-10-17(18(15)12-16)14-7-4-3-5-8-14;;;;;;/h5-13H,1-4H3;3-13H,1-2H3;2*1H3;2*1H;;/q4*-1;;;;. The first-order valence-corrected chi connectivity index (χ1v) is 18.3. The van der Waals surface area contributed by atoms with Gasteiger partial charge in [0.25, 0.3) is 0 Å². The molecule has 0 fully saturated rings. The number of benzene rings is 4. The Labute approximate surface area is 296 Å². The molecule has 6 aromatic carbocycles. The molecule has 0 aromatic heterocycles. The Bertz CT molecular complexity index is 1690. The molecule has 0 aliphatic carbocycles. The number of rotatable bonds is 4. The van der Waals surface area contributed by atoms with Gasteiger partial charge in [0, 0.05) is 0 Å². The molecule has 0 unspecified atom stereocenters. The molecule has 6 aromatic rings. The average Bonchev–Trinajstić information content (AvgIpc) is 3.60. The third-order valence-electron chi connectivity index (χ3n) is 7.66. The van der Waals surface area contributed by atoms with Crippen LogP contribution in [0.4, 0.5) is 0 Å². The third kappa shape index (κ3) is 9.64. The molecule has 0 saturated heterocycles. The van der Waals surface area contributed by atoms with E-state index in [1.807, 2.05) is 0 Å². The van der Waals surface area contributed by atoms with Gasteiger partial charge in [0.2, 0.25) is 0 Å². The maximum absolute atomic E-state index is 3.06. The first-order chi connectivity index (χ1) is 19.3. The van der Waals surface area contributed by atoms with Crippen LogP contribution in [0.5, 0.6) is 0 Å². The van der Waals surface area contributed by atoms with Crippen LogP contribution in [0, 0.1) is 28.7 Å². The number of hydrogen-bond donors (Lipinski definition) is 0. The van der Waals surface area contributed by atoms with E-state index < -0.39 is 0 Å². The average molecular weight is 717 g/mol. The number of fused-ring (bicyclic) bond motifs is 2. The number of aryl methyl sites for hydroxylation is 2. The Balaban J connectivity index is 0.000000735. The summed E-state index contributed by atoms with van der Waals surface area (Å²) in [7, 11) is 0. The summed E-state index contributed by atoms with van der Waals surface area (Å²) < 4.78 is 0. The van der Waals surface area contributed by atoms with Gasteiger partial charge in [-0.25, -0.2) is 0 Å².